The Morgan fingerprint density at radius 3 is 2.81 bits per heavy atom. The van der Waals surface area contributed by atoms with E-state index in [4.69, 9.17) is 16.3 Å². The zero-order valence-electron chi connectivity index (χ0n) is 12.6. The highest BCUT2D eigenvalue weighted by molar-refractivity contribution is 7.09. The first kappa shape index (κ1) is 16.3. The maximum Gasteiger partial charge on any atom is 0.122 e. The molecule has 2 rings (SSSR count). The predicted molar refractivity (Wildman–Crippen MR) is 89.7 cm³/mol. The van der Waals surface area contributed by atoms with E-state index in [0.29, 0.717) is 6.04 Å². The number of nitrogens with zero attached hydrogens (tertiary/aromatic N) is 1. The van der Waals surface area contributed by atoms with Crippen LogP contribution in [0, 0.1) is 6.92 Å². The normalized spacial score (nSPS) is 12.4. The fraction of sp³-hybridized carbons (Fsp3) is 0.438. The summed E-state index contributed by atoms with van der Waals surface area (Å²) in [6.45, 7) is 5.08. The molecule has 3 nitrogen and oxygen atoms in total. The third-order valence-electron chi connectivity index (χ3n) is 3.32. The topological polar surface area (TPSA) is 34.2 Å². The van der Waals surface area contributed by atoms with Crippen molar-refractivity contribution in [2.45, 2.75) is 32.7 Å². The number of hydrogen-bond donors (Lipinski definition) is 1. The fourth-order valence-corrected chi connectivity index (χ4v) is 3.25. The summed E-state index contributed by atoms with van der Waals surface area (Å²) in [5, 5.41) is 7.51. The molecule has 0 fully saturated rings. The average Bonchev–Trinajstić information content (AvgIpc) is 2.84. The van der Waals surface area contributed by atoms with Crippen LogP contribution in [0.4, 0.5) is 0 Å². The zero-order valence-corrected chi connectivity index (χ0v) is 14.2. The standard InChI is InChI=1S/C16H21ClN2OS/c1-4-18-14(9-15-10-21-11(2)19-15)8-12-7-13(17)5-6-16(12)20-3/h5-7,10,14,18H,4,8-9H2,1-3H3. The van der Waals surface area contributed by atoms with Crippen LogP contribution in [0.25, 0.3) is 0 Å². The van der Waals surface area contributed by atoms with E-state index in [9.17, 15) is 0 Å². The molecule has 0 spiro atoms. The zero-order chi connectivity index (χ0) is 15.2. The van der Waals surface area contributed by atoms with E-state index in [1.807, 2.05) is 25.1 Å². The lowest BCUT2D eigenvalue weighted by molar-refractivity contribution is 0.404. The van der Waals surface area contributed by atoms with Crippen LogP contribution in [0.5, 0.6) is 5.75 Å². The number of rotatable bonds is 7. The lowest BCUT2D eigenvalue weighted by Crippen LogP contribution is -2.33. The van der Waals surface area contributed by atoms with Crippen LogP contribution in [0.1, 0.15) is 23.2 Å². The van der Waals surface area contributed by atoms with Gasteiger partial charge in [-0.25, -0.2) is 4.98 Å². The van der Waals surface area contributed by atoms with Gasteiger partial charge in [-0.05, 0) is 43.7 Å². The van der Waals surface area contributed by atoms with Crippen molar-refractivity contribution in [3.8, 4) is 5.75 Å². The molecule has 0 aliphatic carbocycles. The summed E-state index contributed by atoms with van der Waals surface area (Å²) < 4.78 is 5.43. The van der Waals surface area contributed by atoms with E-state index in [1.165, 1.54) is 0 Å². The van der Waals surface area contributed by atoms with Crippen LogP contribution in [-0.2, 0) is 12.8 Å². The molecule has 1 N–H and O–H groups in total. The molecule has 0 aliphatic heterocycles. The van der Waals surface area contributed by atoms with E-state index in [0.717, 1.165) is 46.4 Å². The minimum absolute atomic E-state index is 0.323. The molecule has 1 heterocycles. The smallest absolute Gasteiger partial charge is 0.122 e. The summed E-state index contributed by atoms with van der Waals surface area (Å²) in [5.41, 5.74) is 2.27. The highest BCUT2D eigenvalue weighted by atomic mass is 35.5. The second kappa shape index (κ2) is 7.78. The Bertz CT molecular complexity index is 585. The molecule has 0 radical (unpaired) electrons. The monoisotopic (exact) mass is 324 g/mol. The number of benzene rings is 1. The van der Waals surface area contributed by atoms with Gasteiger partial charge in [0.05, 0.1) is 17.8 Å². The van der Waals surface area contributed by atoms with Gasteiger partial charge in [0.15, 0.2) is 0 Å². The number of hydrogen-bond acceptors (Lipinski definition) is 4. The first-order chi connectivity index (χ1) is 10.1. The molecule has 114 valence electrons. The van der Waals surface area contributed by atoms with Crippen molar-refractivity contribution in [1.29, 1.82) is 0 Å². The molecule has 1 aromatic heterocycles. The fourth-order valence-electron chi connectivity index (χ4n) is 2.43. The van der Waals surface area contributed by atoms with Crippen molar-refractivity contribution >= 4 is 22.9 Å². The van der Waals surface area contributed by atoms with Crippen LogP contribution in [-0.4, -0.2) is 24.7 Å². The Morgan fingerprint density at radius 2 is 2.19 bits per heavy atom. The van der Waals surface area contributed by atoms with Gasteiger partial charge in [0.2, 0.25) is 0 Å². The molecule has 0 amide bonds. The van der Waals surface area contributed by atoms with Crippen LogP contribution >= 0.6 is 22.9 Å². The van der Waals surface area contributed by atoms with Gasteiger partial charge in [0.1, 0.15) is 5.75 Å². The van der Waals surface area contributed by atoms with Crippen molar-refractivity contribution in [2.75, 3.05) is 13.7 Å². The molecule has 1 unspecified atom stereocenters. The van der Waals surface area contributed by atoms with Crippen molar-refractivity contribution in [3.05, 3.63) is 44.9 Å². The third-order valence-corrected chi connectivity index (χ3v) is 4.38. The van der Waals surface area contributed by atoms with Crippen LogP contribution < -0.4 is 10.1 Å². The SMILES string of the molecule is CCNC(Cc1csc(C)n1)Cc1cc(Cl)ccc1OC. The van der Waals surface area contributed by atoms with Crippen molar-refractivity contribution < 1.29 is 4.74 Å². The number of halogens is 1. The first-order valence-electron chi connectivity index (χ1n) is 7.09. The van der Waals surface area contributed by atoms with Crippen LogP contribution in [0.3, 0.4) is 0 Å². The molecule has 5 heteroatoms. The molecule has 21 heavy (non-hydrogen) atoms. The molecular weight excluding hydrogens is 304 g/mol. The van der Waals surface area contributed by atoms with Crippen LogP contribution in [0.2, 0.25) is 5.02 Å². The minimum atomic E-state index is 0.323. The Morgan fingerprint density at radius 1 is 1.38 bits per heavy atom. The van der Waals surface area contributed by atoms with Gasteiger partial charge in [0, 0.05) is 22.9 Å². The van der Waals surface area contributed by atoms with E-state index in [2.05, 4.69) is 22.6 Å². The molecule has 0 aliphatic rings. The number of methoxy groups -OCH3 is 1. The van der Waals surface area contributed by atoms with Gasteiger partial charge in [-0.2, -0.15) is 0 Å². The van der Waals surface area contributed by atoms with E-state index in [-0.39, 0.29) is 0 Å². The number of aryl methyl sites for hydroxylation is 1. The van der Waals surface area contributed by atoms with Gasteiger partial charge in [-0.15, -0.1) is 11.3 Å². The second-order valence-electron chi connectivity index (χ2n) is 4.98. The predicted octanol–water partition coefficient (Wildman–Crippen LogP) is 3.88. The summed E-state index contributed by atoms with van der Waals surface area (Å²) in [6.07, 6.45) is 1.78. The maximum absolute atomic E-state index is 6.11. The van der Waals surface area contributed by atoms with Crippen LogP contribution in [0.15, 0.2) is 23.6 Å². The maximum atomic E-state index is 6.11. The summed E-state index contributed by atoms with van der Waals surface area (Å²) in [4.78, 5) is 4.56. The lowest BCUT2D eigenvalue weighted by Gasteiger charge is -2.18. The summed E-state index contributed by atoms with van der Waals surface area (Å²) in [6, 6.07) is 6.09. The van der Waals surface area contributed by atoms with Crippen molar-refractivity contribution in [3.63, 3.8) is 0 Å². The number of aromatic nitrogens is 1. The van der Waals surface area contributed by atoms with E-state index in [1.54, 1.807) is 18.4 Å². The quantitative estimate of drug-likeness (QED) is 0.839. The number of ether oxygens (including phenoxy) is 1. The van der Waals surface area contributed by atoms with Crippen molar-refractivity contribution in [1.82, 2.24) is 10.3 Å². The largest absolute Gasteiger partial charge is 0.496 e. The third kappa shape index (κ3) is 4.70. The number of likely N-dealkylation sites (N-methyl/N-ethyl adjacent to an activating group) is 1. The molecular formula is C16H21ClN2OS. The van der Waals surface area contributed by atoms with E-state index >= 15 is 0 Å². The highest BCUT2D eigenvalue weighted by Gasteiger charge is 2.14. The summed E-state index contributed by atoms with van der Waals surface area (Å²) >= 11 is 7.81. The molecule has 0 saturated heterocycles. The van der Waals surface area contributed by atoms with E-state index < -0.39 is 0 Å². The van der Waals surface area contributed by atoms with Gasteiger partial charge in [0.25, 0.3) is 0 Å². The second-order valence-corrected chi connectivity index (χ2v) is 6.48. The summed E-state index contributed by atoms with van der Waals surface area (Å²) in [7, 11) is 1.69. The van der Waals surface area contributed by atoms with Gasteiger partial charge in [-0.1, -0.05) is 18.5 Å². The number of thiazole rings is 1. The van der Waals surface area contributed by atoms with Gasteiger partial charge < -0.3 is 10.1 Å². The highest BCUT2D eigenvalue weighted by Crippen LogP contribution is 2.24. The molecule has 2 aromatic rings. The number of nitrogens with one attached hydrogen (secondary N) is 1. The first-order valence-corrected chi connectivity index (χ1v) is 8.35. The van der Waals surface area contributed by atoms with Gasteiger partial charge >= 0.3 is 0 Å². The Labute approximate surface area is 135 Å². The Hall–Kier alpha value is -1.10. The van der Waals surface area contributed by atoms with Gasteiger partial charge in [-0.3, -0.25) is 0 Å². The summed E-state index contributed by atoms with van der Waals surface area (Å²) in [5.74, 6) is 0.886. The molecule has 1 atom stereocenters. The Kier molecular flexibility index (Phi) is 6.03. The molecule has 0 bridgehead atoms. The van der Waals surface area contributed by atoms with Crippen molar-refractivity contribution in [2.24, 2.45) is 0 Å². The lowest BCUT2D eigenvalue weighted by atomic mass is 10.0. The average molecular weight is 325 g/mol. The molecule has 0 saturated carbocycles. The Balaban J connectivity index is 2.13. The minimum Gasteiger partial charge on any atom is -0.496 e. The molecule has 1 aromatic carbocycles.